The minimum atomic E-state index is -0.0238. The number of aryl methyl sites for hydroxylation is 1. The molecule has 4 nitrogen and oxygen atoms in total. The highest BCUT2D eigenvalue weighted by Crippen LogP contribution is 2.30. The van der Waals surface area contributed by atoms with Gasteiger partial charge in [0, 0.05) is 30.7 Å². The van der Waals surface area contributed by atoms with Crippen LogP contribution in [0.2, 0.25) is 0 Å². The molecule has 0 saturated heterocycles. The number of aromatic nitrogens is 1. The van der Waals surface area contributed by atoms with E-state index in [0.29, 0.717) is 6.54 Å². The van der Waals surface area contributed by atoms with E-state index in [9.17, 15) is 4.79 Å². The Morgan fingerprint density at radius 3 is 2.59 bits per heavy atom. The standard InChI is InChI=1S/C23H25N3O/c1-2-19-11-6-7-12-20(19)24-23(27)26-16-15-25-14-8-13-21(25)22(26)17-18-9-4-3-5-10-18/h3-14,22H,2,15-17H2,1H3,(H,24,27). The van der Waals surface area contributed by atoms with Crippen molar-refractivity contribution in [3.8, 4) is 0 Å². The van der Waals surface area contributed by atoms with Crippen LogP contribution < -0.4 is 5.32 Å². The van der Waals surface area contributed by atoms with Crippen LogP contribution in [0.4, 0.5) is 10.5 Å². The predicted molar refractivity (Wildman–Crippen MR) is 109 cm³/mol. The Bertz CT molecular complexity index is 916. The summed E-state index contributed by atoms with van der Waals surface area (Å²) in [7, 11) is 0. The number of hydrogen-bond acceptors (Lipinski definition) is 1. The zero-order valence-corrected chi connectivity index (χ0v) is 15.6. The number of rotatable bonds is 4. The van der Waals surface area contributed by atoms with Crippen LogP contribution in [0.1, 0.15) is 29.8 Å². The second kappa shape index (κ2) is 7.70. The summed E-state index contributed by atoms with van der Waals surface area (Å²) in [6.45, 7) is 3.65. The molecule has 27 heavy (non-hydrogen) atoms. The zero-order chi connectivity index (χ0) is 18.6. The Labute approximate surface area is 160 Å². The molecule has 1 aromatic heterocycles. The van der Waals surface area contributed by atoms with Crippen molar-refractivity contribution in [2.24, 2.45) is 0 Å². The van der Waals surface area contributed by atoms with Gasteiger partial charge in [-0.1, -0.05) is 55.5 Å². The van der Waals surface area contributed by atoms with E-state index in [1.165, 1.54) is 11.3 Å². The number of fused-ring (bicyclic) bond motifs is 1. The molecule has 1 aliphatic heterocycles. The van der Waals surface area contributed by atoms with Gasteiger partial charge in [-0.3, -0.25) is 0 Å². The smallest absolute Gasteiger partial charge is 0.322 e. The molecule has 0 spiro atoms. The first kappa shape index (κ1) is 17.4. The molecule has 0 radical (unpaired) electrons. The van der Waals surface area contributed by atoms with Gasteiger partial charge in [-0.15, -0.1) is 0 Å². The Kier molecular flexibility index (Phi) is 4.97. The quantitative estimate of drug-likeness (QED) is 0.708. The number of amides is 2. The third-order valence-corrected chi connectivity index (χ3v) is 5.34. The lowest BCUT2D eigenvalue weighted by Crippen LogP contribution is -2.45. The van der Waals surface area contributed by atoms with Crippen molar-refractivity contribution >= 4 is 11.7 Å². The third kappa shape index (κ3) is 3.61. The maximum Gasteiger partial charge on any atom is 0.322 e. The van der Waals surface area contributed by atoms with Crippen LogP contribution in [-0.4, -0.2) is 22.0 Å². The fourth-order valence-corrected chi connectivity index (χ4v) is 3.90. The topological polar surface area (TPSA) is 37.3 Å². The largest absolute Gasteiger partial charge is 0.348 e. The summed E-state index contributed by atoms with van der Waals surface area (Å²) in [4.78, 5) is 15.2. The lowest BCUT2D eigenvalue weighted by atomic mass is 10.0. The maximum atomic E-state index is 13.2. The van der Waals surface area contributed by atoms with E-state index < -0.39 is 0 Å². The van der Waals surface area contributed by atoms with Crippen molar-refractivity contribution in [1.29, 1.82) is 0 Å². The molecule has 0 saturated carbocycles. The second-order valence-corrected chi connectivity index (χ2v) is 6.97. The van der Waals surface area contributed by atoms with Crippen molar-refractivity contribution in [2.75, 3.05) is 11.9 Å². The highest BCUT2D eigenvalue weighted by atomic mass is 16.2. The maximum absolute atomic E-state index is 13.2. The van der Waals surface area contributed by atoms with Gasteiger partial charge in [0.2, 0.25) is 0 Å². The van der Waals surface area contributed by atoms with Gasteiger partial charge >= 0.3 is 6.03 Å². The molecule has 4 heteroatoms. The molecule has 0 bridgehead atoms. The van der Waals surface area contributed by atoms with Crippen LogP contribution in [0.15, 0.2) is 72.9 Å². The molecule has 3 aromatic rings. The first-order valence-corrected chi connectivity index (χ1v) is 9.60. The van der Waals surface area contributed by atoms with Crippen LogP contribution in [0.25, 0.3) is 0 Å². The summed E-state index contributed by atoms with van der Waals surface area (Å²) in [6.07, 6.45) is 3.81. The Balaban J connectivity index is 1.60. The summed E-state index contributed by atoms with van der Waals surface area (Å²) < 4.78 is 2.26. The molecule has 4 rings (SSSR count). The van der Waals surface area contributed by atoms with Crippen LogP contribution in [0, 0.1) is 0 Å². The first-order valence-electron chi connectivity index (χ1n) is 9.60. The summed E-state index contributed by atoms with van der Waals surface area (Å²) in [6, 6.07) is 22.6. The van der Waals surface area contributed by atoms with E-state index in [1.54, 1.807) is 0 Å². The fraction of sp³-hybridized carbons (Fsp3) is 0.261. The van der Waals surface area contributed by atoms with Crippen molar-refractivity contribution < 1.29 is 4.79 Å². The van der Waals surface area contributed by atoms with Gasteiger partial charge in [0.05, 0.1) is 6.04 Å². The number of nitrogens with one attached hydrogen (secondary N) is 1. The van der Waals surface area contributed by atoms with E-state index in [-0.39, 0.29) is 12.1 Å². The second-order valence-electron chi connectivity index (χ2n) is 6.97. The molecule has 2 amide bonds. The number of nitrogens with zero attached hydrogens (tertiary/aromatic N) is 2. The van der Waals surface area contributed by atoms with Crippen LogP contribution in [-0.2, 0) is 19.4 Å². The molecule has 1 N–H and O–H groups in total. The molecule has 1 atom stereocenters. The van der Waals surface area contributed by atoms with Crippen molar-refractivity contribution in [3.05, 3.63) is 89.7 Å². The number of carbonyl (C=O) groups excluding carboxylic acids is 1. The summed E-state index contributed by atoms with van der Waals surface area (Å²) >= 11 is 0. The Hall–Kier alpha value is -3.01. The van der Waals surface area contributed by atoms with Crippen LogP contribution >= 0.6 is 0 Å². The van der Waals surface area contributed by atoms with Gasteiger partial charge in [0.25, 0.3) is 0 Å². The van der Waals surface area contributed by atoms with Crippen LogP contribution in [0.5, 0.6) is 0 Å². The van der Waals surface area contributed by atoms with E-state index in [1.807, 2.05) is 29.2 Å². The third-order valence-electron chi connectivity index (χ3n) is 5.34. The van der Waals surface area contributed by atoms with Crippen molar-refractivity contribution in [1.82, 2.24) is 9.47 Å². The minimum absolute atomic E-state index is 0.0238. The summed E-state index contributed by atoms with van der Waals surface area (Å²) in [5.74, 6) is 0. The van der Waals surface area contributed by atoms with Crippen molar-refractivity contribution in [2.45, 2.75) is 32.4 Å². The number of para-hydroxylation sites is 1. The number of hydrogen-bond donors (Lipinski definition) is 1. The lowest BCUT2D eigenvalue weighted by Gasteiger charge is -2.37. The van der Waals surface area contributed by atoms with Gasteiger partial charge < -0.3 is 14.8 Å². The Morgan fingerprint density at radius 2 is 1.78 bits per heavy atom. The molecule has 2 aromatic carbocycles. The number of carbonyl (C=O) groups is 1. The average molecular weight is 359 g/mol. The SMILES string of the molecule is CCc1ccccc1NC(=O)N1CCn2cccc2C1Cc1ccccc1. The average Bonchev–Trinajstić information content (AvgIpc) is 3.18. The summed E-state index contributed by atoms with van der Waals surface area (Å²) in [5.41, 5.74) is 4.50. The van der Waals surface area contributed by atoms with Gasteiger partial charge in [0.15, 0.2) is 0 Å². The minimum Gasteiger partial charge on any atom is -0.348 e. The fourth-order valence-electron chi connectivity index (χ4n) is 3.90. The molecule has 1 aliphatic rings. The van der Waals surface area contributed by atoms with Gasteiger partial charge in [-0.05, 0) is 42.2 Å². The number of urea groups is 1. The van der Waals surface area contributed by atoms with E-state index >= 15 is 0 Å². The lowest BCUT2D eigenvalue weighted by molar-refractivity contribution is 0.167. The highest BCUT2D eigenvalue weighted by Gasteiger charge is 2.31. The highest BCUT2D eigenvalue weighted by molar-refractivity contribution is 5.90. The zero-order valence-electron chi connectivity index (χ0n) is 15.6. The van der Waals surface area contributed by atoms with E-state index in [0.717, 1.165) is 30.6 Å². The van der Waals surface area contributed by atoms with E-state index in [2.05, 4.69) is 65.5 Å². The van der Waals surface area contributed by atoms with E-state index in [4.69, 9.17) is 0 Å². The summed E-state index contributed by atoms with van der Waals surface area (Å²) in [5, 5.41) is 3.15. The van der Waals surface area contributed by atoms with Gasteiger partial charge in [-0.25, -0.2) is 4.79 Å². The normalized spacial score (nSPS) is 16.0. The predicted octanol–water partition coefficient (Wildman–Crippen LogP) is 4.88. The molecule has 1 unspecified atom stereocenters. The first-order chi connectivity index (χ1) is 13.3. The molecular formula is C23H25N3O. The van der Waals surface area contributed by atoms with Gasteiger partial charge in [0.1, 0.15) is 0 Å². The molecule has 2 heterocycles. The number of anilines is 1. The molecular weight excluding hydrogens is 334 g/mol. The van der Waals surface area contributed by atoms with Gasteiger partial charge in [-0.2, -0.15) is 0 Å². The molecule has 138 valence electrons. The molecule has 0 aliphatic carbocycles. The molecule has 0 fully saturated rings. The van der Waals surface area contributed by atoms with Crippen molar-refractivity contribution in [3.63, 3.8) is 0 Å². The van der Waals surface area contributed by atoms with Crippen LogP contribution in [0.3, 0.4) is 0 Å². The number of benzene rings is 2. The monoisotopic (exact) mass is 359 g/mol. The Morgan fingerprint density at radius 1 is 1.00 bits per heavy atom.